The monoisotopic (exact) mass is 389 g/mol. The second-order valence-electron chi connectivity index (χ2n) is 5.88. The van der Waals surface area contributed by atoms with Gasteiger partial charge >= 0.3 is 0 Å². The molecule has 0 heterocycles. The molecule has 0 aliphatic carbocycles. The molecule has 0 saturated heterocycles. The lowest BCUT2D eigenvalue weighted by Gasteiger charge is -2.16. The van der Waals surface area contributed by atoms with Crippen molar-refractivity contribution >= 4 is 17.7 Å². The number of amides is 3. The largest absolute Gasteiger partial charge is 0.345 e. The van der Waals surface area contributed by atoms with Crippen LogP contribution in [0.1, 0.15) is 27.9 Å². The van der Waals surface area contributed by atoms with Gasteiger partial charge in [0, 0.05) is 16.7 Å². The zero-order valence-corrected chi connectivity index (χ0v) is 15.4. The Balaban J connectivity index is 2.04. The third-order valence-electron chi connectivity index (χ3n) is 3.78. The Bertz CT molecular complexity index is 967. The van der Waals surface area contributed by atoms with E-state index in [1.54, 1.807) is 24.3 Å². The molecule has 2 rings (SSSR count). The van der Waals surface area contributed by atoms with Crippen LogP contribution in [0.5, 0.6) is 0 Å². The first-order valence-corrected chi connectivity index (χ1v) is 8.65. The summed E-state index contributed by atoms with van der Waals surface area (Å²) in [7, 11) is 0. The quantitative estimate of drug-likeness (QED) is 0.333. The molecule has 29 heavy (non-hydrogen) atoms. The molecule has 1 atom stereocenters. The highest BCUT2D eigenvalue weighted by Crippen LogP contribution is 2.06. The molecule has 3 amide bonds. The highest BCUT2D eigenvalue weighted by molar-refractivity contribution is 5.98. The Hall–Kier alpha value is -4.07. The lowest BCUT2D eigenvalue weighted by atomic mass is 10.1. The van der Waals surface area contributed by atoms with E-state index >= 15 is 0 Å². The van der Waals surface area contributed by atoms with Crippen LogP contribution in [0.2, 0.25) is 0 Å². The van der Waals surface area contributed by atoms with E-state index in [1.165, 1.54) is 5.48 Å². The van der Waals surface area contributed by atoms with E-state index in [0.717, 1.165) is 5.56 Å². The van der Waals surface area contributed by atoms with E-state index in [2.05, 4.69) is 28.4 Å². The molecule has 0 aromatic heterocycles. The van der Waals surface area contributed by atoms with Crippen molar-refractivity contribution in [3.05, 3.63) is 71.3 Å². The summed E-state index contributed by atoms with van der Waals surface area (Å²) >= 11 is 0. The van der Waals surface area contributed by atoms with Crippen LogP contribution in [0.15, 0.2) is 54.6 Å². The second-order valence-corrected chi connectivity index (χ2v) is 5.88. The van der Waals surface area contributed by atoms with Crippen molar-refractivity contribution in [1.82, 2.24) is 16.1 Å². The number of hydrogen-bond donors (Lipinski definition) is 4. The van der Waals surface area contributed by atoms with E-state index in [0.29, 0.717) is 5.56 Å². The molecule has 2 aromatic carbocycles. The van der Waals surface area contributed by atoms with E-state index in [9.17, 15) is 14.4 Å². The number of carbonyl (C=O) groups is 3. The molecule has 0 fully saturated rings. The molecule has 0 saturated carbocycles. The lowest BCUT2D eigenvalue weighted by molar-refractivity contribution is -0.134. The zero-order valence-electron chi connectivity index (χ0n) is 15.4. The highest BCUT2D eigenvalue weighted by Gasteiger charge is 2.24. The van der Waals surface area contributed by atoms with Crippen LogP contribution in [0.25, 0.3) is 0 Å². The van der Waals surface area contributed by atoms with Gasteiger partial charge in [-0.05, 0) is 36.4 Å². The minimum Gasteiger partial charge on any atom is -0.345 e. The van der Waals surface area contributed by atoms with Crippen molar-refractivity contribution in [3.8, 4) is 24.2 Å². The number of rotatable bonds is 6. The van der Waals surface area contributed by atoms with Gasteiger partial charge in [-0.25, -0.2) is 5.48 Å². The molecular weight excluding hydrogens is 370 g/mol. The normalized spacial score (nSPS) is 10.5. The number of hydroxylamine groups is 1. The summed E-state index contributed by atoms with van der Waals surface area (Å²) in [6.07, 6.45) is 4.68. The van der Waals surface area contributed by atoms with Crippen molar-refractivity contribution in [2.45, 2.75) is 12.5 Å². The third kappa shape index (κ3) is 6.87. The van der Waals surface area contributed by atoms with Crippen molar-refractivity contribution in [1.29, 1.82) is 0 Å². The molecule has 0 radical (unpaired) electrons. The van der Waals surface area contributed by atoms with E-state index in [1.807, 2.05) is 30.3 Å². The fraction of sp³-hybridized carbons (Fsp3) is 0.136. The summed E-state index contributed by atoms with van der Waals surface area (Å²) in [5.41, 5.74) is 3.29. The molecule has 7 heteroatoms. The van der Waals surface area contributed by atoms with Crippen LogP contribution in [0, 0.1) is 24.2 Å². The summed E-state index contributed by atoms with van der Waals surface area (Å²) in [5.74, 6) is 6.20. The van der Waals surface area contributed by atoms with Gasteiger partial charge in [-0.3, -0.25) is 19.6 Å². The highest BCUT2D eigenvalue weighted by atomic mass is 16.5. The van der Waals surface area contributed by atoms with Gasteiger partial charge in [0.05, 0.1) is 13.0 Å². The van der Waals surface area contributed by atoms with E-state index in [4.69, 9.17) is 11.6 Å². The molecule has 7 nitrogen and oxygen atoms in total. The fourth-order valence-electron chi connectivity index (χ4n) is 2.31. The van der Waals surface area contributed by atoms with Gasteiger partial charge in [0.1, 0.15) is 6.04 Å². The minimum absolute atomic E-state index is 0.00821. The standard InChI is InChI=1S/C22H19N3O4/c1-2-14-23-20(26)15-19(22(28)25-29)24-21(27)18-12-10-17(11-13-18)9-8-16-6-4-3-5-7-16/h1,3-7,10-13,19,29H,14-15H2,(H,23,26)(H,24,27)(H,25,28)/t19-/m0/s1. The number of hydrogen-bond acceptors (Lipinski definition) is 4. The SMILES string of the molecule is C#CCNC(=O)C[C@H](NC(=O)c1ccc(C#Cc2ccccc2)cc1)C(=O)NO. The Morgan fingerprint density at radius 3 is 2.17 bits per heavy atom. The molecule has 2 aromatic rings. The third-order valence-corrected chi connectivity index (χ3v) is 3.78. The predicted octanol–water partition coefficient (Wildman–Crippen LogP) is 0.830. The van der Waals surface area contributed by atoms with Crippen LogP contribution < -0.4 is 16.1 Å². The Morgan fingerprint density at radius 1 is 0.966 bits per heavy atom. The van der Waals surface area contributed by atoms with Gasteiger partial charge in [0.2, 0.25) is 5.91 Å². The van der Waals surface area contributed by atoms with Crippen LogP contribution in [0.4, 0.5) is 0 Å². The minimum atomic E-state index is -1.26. The Labute approximate surface area is 168 Å². The molecule has 0 spiro atoms. The zero-order chi connectivity index (χ0) is 21.1. The van der Waals surface area contributed by atoms with Crippen molar-refractivity contribution < 1.29 is 19.6 Å². The average molecular weight is 389 g/mol. The second kappa shape index (κ2) is 10.9. The Kier molecular flexibility index (Phi) is 8.00. The Morgan fingerprint density at radius 2 is 1.59 bits per heavy atom. The number of benzene rings is 2. The summed E-state index contributed by atoms with van der Waals surface area (Å²) in [5, 5.41) is 13.6. The molecule has 4 N–H and O–H groups in total. The smallest absolute Gasteiger partial charge is 0.266 e. The van der Waals surface area contributed by atoms with Crippen LogP contribution in [0.3, 0.4) is 0 Å². The number of terminal acetylenes is 1. The molecule has 0 aliphatic heterocycles. The van der Waals surface area contributed by atoms with Crippen LogP contribution in [-0.4, -0.2) is 35.5 Å². The molecule has 0 bridgehead atoms. The van der Waals surface area contributed by atoms with Gasteiger partial charge in [-0.15, -0.1) is 6.42 Å². The maximum Gasteiger partial charge on any atom is 0.266 e. The van der Waals surface area contributed by atoms with Gasteiger partial charge in [-0.2, -0.15) is 0 Å². The molecule has 146 valence electrons. The van der Waals surface area contributed by atoms with E-state index in [-0.39, 0.29) is 18.5 Å². The van der Waals surface area contributed by atoms with Gasteiger partial charge in [0.25, 0.3) is 11.8 Å². The first-order chi connectivity index (χ1) is 14.0. The van der Waals surface area contributed by atoms with Gasteiger partial charge in [-0.1, -0.05) is 36.0 Å². The van der Waals surface area contributed by atoms with Crippen LogP contribution >= 0.6 is 0 Å². The van der Waals surface area contributed by atoms with Crippen LogP contribution in [-0.2, 0) is 9.59 Å². The van der Waals surface area contributed by atoms with Crippen molar-refractivity contribution in [2.24, 2.45) is 0 Å². The molecular formula is C22H19N3O4. The molecule has 0 unspecified atom stereocenters. The van der Waals surface area contributed by atoms with Gasteiger partial charge < -0.3 is 10.6 Å². The maximum atomic E-state index is 12.4. The number of carbonyl (C=O) groups excluding carboxylic acids is 3. The topological polar surface area (TPSA) is 108 Å². The lowest BCUT2D eigenvalue weighted by Crippen LogP contribution is -2.48. The fourth-order valence-corrected chi connectivity index (χ4v) is 2.31. The molecule has 0 aliphatic rings. The average Bonchev–Trinajstić information content (AvgIpc) is 2.76. The van der Waals surface area contributed by atoms with Crippen molar-refractivity contribution in [2.75, 3.05) is 6.54 Å². The summed E-state index contributed by atoms with van der Waals surface area (Å²) in [6, 6.07) is 14.7. The number of nitrogens with one attached hydrogen (secondary N) is 3. The maximum absolute atomic E-state index is 12.4. The van der Waals surface area contributed by atoms with E-state index < -0.39 is 23.8 Å². The first kappa shape index (κ1) is 21.2. The summed E-state index contributed by atoms with van der Waals surface area (Å²) in [6.45, 7) is -0.00821. The van der Waals surface area contributed by atoms with Gasteiger partial charge in [0.15, 0.2) is 0 Å². The summed E-state index contributed by atoms with van der Waals surface area (Å²) in [4.78, 5) is 35.9. The van der Waals surface area contributed by atoms with Crippen molar-refractivity contribution in [3.63, 3.8) is 0 Å². The predicted molar refractivity (Wildman–Crippen MR) is 107 cm³/mol. The summed E-state index contributed by atoms with van der Waals surface area (Å²) < 4.78 is 0. The first-order valence-electron chi connectivity index (χ1n) is 8.65.